The average molecular weight is 576 g/mol. The molecule has 42 heavy (non-hydrogen) atoms. The first-order valence-electron chi connectivity index (χ1n) is 13.6. The van der Waals surface area contributed by atoms with Crippen molar-refractivity contribution in [1.82, 2.24) is 14.9 Å². The molecule has 0 radical (unpaired) electrons. The zero-order valence-corrected chi connectivity index (χ0v) is 25.1. The molecule has 1 N–H and O–H groups in total. The van der Waals surface area contributed by atoms with Crippen LogP contribution in [0.3, 0.4) is 0 Å². The molecule has 2 heterocycles. The molecule has 0 aliphatic carbocycles. The molecule has 0 saturated carbocycles. The van der Waals surface area contributed by atoms with Gasteiger partial charge in [-0.3, -0.25) is 0 Å². The van der Waals surface area contributed by atoms with Gasteiger partial charge < -0.3 is 29.0 Å². The lowest BCUT2D eigenvalue weighted by Crippen LogP contribution is -2.38. The van der Waals surface area contributed by atoms with E-state index in [1.54, 1.807) is 36.5 Å². The molecule has 2 aromatic carbocycles. The standard InChI is InChI=1S/C33H38FN3O5/c1-21-11-13-22(14-12-21)23-17-26(32(42-7)35-20-23)30(25-9-8-10-27(39-4)31(25)34)33(38,15-16-37(2)3)24-18-28(40-5)36-29(19-24)41-6/h8-14,17-20,30,38H,15-16H2,1-7H3/t30-,33+/m1/s1. The molecule has 9 heteroatoms. The smallest absolute Gasteiger partial charge is 0.217 e. The van der Waals surface area contributed by atoms with Crippen molar-refractivity contribution in [1.29, 1.82) is 0 Å². The number of halogens is 1. The van der Waals surface area contributed by atoms with E-state index in [0.717, 1.165) is 16.7 Å². The monoisotopic (exact) mass is 575 g/mol. The van der Waals surface area contributed by atoms with Crippen LogP contribution in [-0.2, 0) is 5.60 Å². The summed E-state index contributed by atoms with van der Waals surface area (Å²) in [4.78, 5) is 10.9. The highest BCUT2D eigenvalue weighted by Gasteiger charge is 2.44. The topological polar surface area (TPSA) is 86.2 Å². The minimum atomic E-state index is -1.72. The van der Waals surface area contributed by atoms with Crippen molar-refractivity contribution in [3.8, 4) is 34.5 Å². The number of pyridine rings is 2. The van der Waals surface area contributed by atoms with Gasteiger partial charge in [-0.2, -0.15) is 4.98 Å². The van der Waals surface area contributed by atoms with Crippen LogP contribution >= 0.6 is 0 Å². The summed E-state index contributed by atoms with van der Waals surface area (Å²) in [6.07, 6.45) is 1.92. The summed E-state index contributed by atoms with van der Waals surface area (Å²) >= 11 is 0. The second kappa shape index (κ2) is 13.2. The highest BCUT2D eigenvalue weighted by atomic mass is 19.1. The van der Waals surface area contributed by atoms with Gasteiger partial charge in [-0.25, -0.2) is 9.37 Å². The van der Waals surface area contributed by atoms with Gasteiger partial charge in [0, 0.05) is 41.6 Å². The van der Waals surface area contributed by atoms with E-state index >= 15 is 4.39 Å². The Bertz CT molecular complexity index is 1490. The number of rotatable bonds is 12. The van der Waals surface area contributed by atoms with Gasteiger partial charge in [-0.1, -0.05) is 42.0 Å². The van der Waals surface area contributed by atoms with Crippen LogP contribution in [0.5, 0.6) is 23.4 Å². The molecule has 0 aliphatic rings. The summed E-state index contributed by atoms with van der Waals surface area (Å²) in [5, 5.41) is 13.0. The Morgan fingerprint density at radius 1 is 0.857 bits per heavy atom. The first-order valence-corrected chi connectivity index (χ1v) is 13.6. The maximum Gasteiger partial charge on any atom is 0.217 e. The van der Waals surface area contributed by atoms with E-state index in [9.17, 15) is 5.11 Å². The van der Waals surface area contributed by atoms with Crippen molar-refractivity contribution in [2.75, 3.05) is 49.1 Å². The predicted molar refractivity (Wildman–Crippen MR) is 160 cm³/mol. The van der Waals surface area contributed by atoms with Crippen LogP contribution < -0.4 is 18.9 Å². The van der Waals surface area contributed by atoms with Gasteiger partial charge in [0.25, 0.3) is 0 Å². The van der Waals surface area contributed by atoms with E-state index < -0.39 is 17.3 Å². The highest BCUT2D eigenvalue weighted by Crippen LogP contribution is 2.49. The van der Waals surface area contributed by atoms with Crippen LogP contribution in [0, 0.1) is 12.7 Å². The molecule has 0 unspecified atom stereocenters. The molecular formula is C33H38FN3O5. The Morgan fingerprint density at radius 3 is 2.10 bits per heavy atom. The molecule has 0 aliphatic heterocycles. The van der Waals surface area contributed by atoms with Crippen LogP contribution in [0.1, 0.15) is 34.6 Å². The molecule has 0 fully saturated rings. The predicted octanol–water partition coefficient (Wildman–Crippen LogP) is 5.60. The SMILES string of the molecule is COc1cc([C@@](O)(CCN(C)C)[C@@H](c2cc(-c3ccc(C)cc3)cnc2OC)c2cccc(OC)c2F)cc(OC)n1. The summed E-state index contributed by atoms with van der Waals surface area (Å²) in [7, 11) is 9.72. The van der Waals surface area contributed by atoms with E-state index in [1.807, 2.05) is 56.3 Å². The van der Waals surface area contributed by atoms with Crippen molar-refractivity contribution in [2.24, 2.45) is 0 Å². The summed E-state index contributed by atoms with van der Waals surface area (Å²) in [6, 6.07) is 18.1. The summed E-state index contributed by atoms with van der Waals surface area (Å²) in [6.45, 7) is 2.49. The van der Waals surface area contributed by atoms with Crippen molar-refractivity contribution in [3.63, 3.8) is 0 Å². The molecule has 0 bridgehead atoms. The van der Waals surface area contributed by atoms with Crippen molar-refractivity contribution in [3.05, 3.63) is 94.9 Å². The Balaban J connectivity index is 2.09. The van der Waals surface area contributed by atoms with E-state index in [4.69, 9.17) is 18.9 Å². The first-order chi connectivity index (χ1) is 20.1. The molecule has 0 spiro atoms. The second-order valence-corrected chi connectivity index (χ2v) is 10.4. The maximum absolute atomic E-state index is 16.3. The van der Waals surface area contributed by atoms with Gasteiger partial charge in [-0.05, 0) is 50.7 Å². The van der Waals surface area contributed by atoms with Crippen LogP contribution in [-0.4, -0.2) is 69.1 Å². The average Bonchev–Trinajstić information content (AvgIpc) is 3.01. The molecule has 2 aromatic heterocycles. The number of aromatic nitrogens is 2. The Hall–Kier alpha value is -4.21. The lowest BCUT2D eigenvalue weighted by atomic mass is 9.71. The molecule has 0 amide bonds. The third-order valence-corrected chi connectivity index (χ3v) is 7.41. The molecule has 0 saturated heterocycles. The van der Waals surface area contributed by atoms with Gasteiger partial charge in [-0.15, -0.1) is 0 Å². The zero-order valence-electron chi connectivity index (χ0n) is 25.1. The van der Waals surface area contributed by atoms with Gasteiger partial charge in [0.1, 0.15) is 5.60 Å². The molecule has 222 valence electrons. The third-order valence-electron chi connectivity index (χ3n) is 7.41. The fourth-order valence-electron chi connectivity index (χ4n) is 5.13. The van der Waals surface area contributed by atoms with Crippen molar-refractivity contribution >= 4 is 0 Å². The fourth-order valence-corrected chi connectivity index (χ4v) is 5.13. The second-order valence-electron chi connectivity index (χ2n) is 10.4. The number of ether oxygens (including phenoxy) is 4. The van der Waals surface area contributed by atoms with Gasteiger partial charge >= 0.3 is 0 Å². The van der Waals surface area contributed by atoms with E-state index in [-0.39, 0.29) is 35.4 Å². The first kappa shape index (κ1) is 30.7. The zero-order chi connectivity index (χ0) is 30.4. The van der Waals surface area contributed by atoms with E-state index in [2.05, 4.69) is 9.97 Å². The molecule has 2 atom stereocenters. The molecular weight excluding hydrogens is 537 g/mol. The number of benzene rings is 2. The largest absolute Gasteiger partial charge is 0.494 e. The Morgan fingerprint density at radius 2 is 1.52 bits per heavy atom. The minimum absolute atomic E-state index is 0.0546. The van der Waals surface area contributed by atoms with Crippen molar-refractivity contribution in [2.45, 2.75) is 24.9 Å². The molecule has 8 nitrogen and oxygen atoms in total. The maximum atomic E-state index is 16.3. The summed E-state index contributed by atoms with van der Waals surface area (Å²) < 4.78 is 38.3. The van der Waals surface area contributed by atoms with Crippen LogP contribution in [0.2, 0.25) is 0 Å². The van der Waals surface area contributed by atoms with Gasteiger partial charge in [0.05, 0.1) is 34.4 Å². The van der Waals surface area contributed by atoms with Gasteiger partial charge in [0.2, 0.25) is 17.6 Å². The number of nitrogens with zero attached hydrogens (tertiary/aromatic N) is 3. The minimum Gasteiger partial charge on any atom is -0.494 e. The summed E-state index contributed by atoms with van der Waals surface area (Å²) in [5.74, 6) is -0.790. The molecule has 4 rings (SSSR count). The van der Waals surface area contributed by atoms with E-state index in [0.29, 0.717) is 17.7 Å². The number of methoxy groups -OCH3 is 4. The molecule has 4 aromatic rings. The van der Waals surface area contributed by atoms with Crippen molar-refractivity contribution < 1.29 is 28.4 Å². The van der Waals surface area contributed by atoms with Crippen LogP contribution in [0.15, 0.2) is 66.9 Å². The number of hydrogen-bond acceptors (Lipinski definition) is 8. The third kappa shape index (κ3) is 6.32. The normalized spacial score (nSPS) is 13.4. The lowest BCUT2D eigenvalue weighted by molar-refractivity contribution is 0.00229. The highest BCUT2D eigenvalue weighted by molar-refractivity contribution is 5.65. The number of aliphatic hydroxyl groups is 1. The van der Waals surface area contributed by atoms with Crippen LogP contribution in [0.25, 0.3) is 11.1 Å². The number of aryl methyl sites for hydroxylation is 1. The quantitative estimate of drug-likeness (QED) is 0.234. The fraction of sp³-hybridized carbons (Fsp3) is 0.333. The summed E-state index contributed by atoms with van der Waals surface area (Å²) in [5.41, 5.74) is 2.26. The van der Waals surface area contributed by atoms with Crippen LogP contribution in [0.4, 0.5) is 4.39 Å². The van der Waals surface area contributed by atoms with Gasteiger partial charge in [0.15, 0.2) is 11.6 Å². The Kier molecular flexibility index (Phi) is 9.65. The lowest BCUT2D eigenvalue weighted by Gasteiger charge is -2.39. The Labute approximate surface area is 246 Å². The number of hydrogen-bond donors (Lipinski definition) is 1. The van der Waals surface area contributed by atoms with E-state index in [1.165, 1.54) is 28.4 Å².